The van der Waals surface area contributed by atoms with Crippen LogP contribution in [0.2, 0.25) is 5.02 Å². The number of nitriles is 1. The highest BCUT2D eigenvalue weighted by molar-refractivity contribution is 7.11. The number of hydrogen-bond donors (Lipinski definition) is 0. The van der Waals surface area contributed by atoms with Gasteiger partial charge in [0, 0.05) is 29.7 Å². The third kappa shape index (κ3) is 4.70. The first kappa shape index (κ1) is 20.3. The van der Waals surface area contributed by atoms with Crippen molar-refractivity contribution in [2.24, 2.45) is 16.1 Å². The Hall–Kier alpha value is -2.43. The van der Waals surface area contributed by atoms with Crippen molar-refractivity contribution in [3.05, 3.63) is 50.2 Å². The number of thiazole rings is 1. The molecule has 0 aliphatic heterocycles. The summed E-state index contributed by atoms with van der Waals surface area (Å²) in [6, 6.07) is 9.01. The molecule has 1 aromatic carbocycles. The van der Waals surface area contributed by atoms with Crippen LogP contribution in [0.5, 0.6) is 0 Å². The van der Waals surface area contributed by atoms with Crippen molar-refractivity contribution in [2.45, 2.75) is 39.7 Å². The number of hydrogen-bond acceptors (Lipinski definition) is 5. The van der Waals surface area contributed by atoms with Crippen LogP contribution in [-0.2, 0) is 11.4 Å². The SMILES string of the molecule is CC(=O)c1sc(=NC(=NOCC#N)c2cccc(Cl)c2)n(CC2CCC2)c1C. The normalized spacial score (nSPS) is 15.2. The standard InChI is InChI=1S/C20H21ClN4O2S/c1-13-18(14(2)26)28-20(25(13)12-15-5-3-6-15)23-19(24-27-10-9-22)16-7-4-8-17(21)11-16/h4,7-8,11,15H,3,5-6,10,12H2,1-2H3. The van der Waals surface area contributed by atoms with E-state index in [4.69, 9.17) is 26.7 Å². The van der Waals surface area contributed by atoms with E-state index in [1.165, 1.54) is 30.6 Å². The summed E-state index contributed by atoms with van der Waals surface area (Å²) in [5.74, 6) is 0.943. The fourth-order valence-electron chi connectivity index (χ4n) is 3.02. The first-order valence-electron chi connectivity index (χ1n) is 9.08. The second kappa shape index (κ2) is 9.18. The molecule has 0 unspecified atom stereocenters. The molecule has 0 atom stereocenters. The molecule has 1 aliphatic carbocycles. The Balaban J connectivity index is 2.10. The number of oxime groups is 1. The second-order valence-electron chi connectivity index (χ2n) is 6.73. The molecular weight excluding hydrogens is 396 g/mol. The number of ketones is 1. The summed E-state index contributed by atoms with van der Waals surface area (Å²) in [6.45, 7) is 4.17. The van der Waals surface area contributed by atoms with E-state index in [0.717, 1.165) is 12.2 Å². The molecule has 1 aliphatic rings. The topological polar surface area (TPSA) is 79.7 Å². The Bertz CT molecular complexity index is 1010. The average Bonchev–Trinajstić information content (AvgIpc) is 2.93. The van der Waals surface area contributed by atoms with Crippen molar-refractivity contribution in [2.75, 3.05) is 6.61 Å². The molecule has 0 radical (unpaired) electrons. The maximum absolute atomic E-state index is 12.1. The fourth-order valence-corrected chi connectivity index (χ4v) is 4.25. The predicted molar refractivity (Wildman–Crippen MR) is 110 cm³/mol. The lowest BCUT2D eigenvalue weighted by atomic mass is 9.85. The summed E-state index contributed by atoms with van der Waals surface area (Å²) in [4.78, 5) is 23.2. The maximum atomic E-state index is 12.1. The van der Waals surface area contributed by atoms with Gasteiger partial charge in [0.25, 0.3) is 0 Å². The van der Waals surface area contributed by atoms with Gasteiger partial charge in [0.15, 0.2) is 10.6 Å². The molecule has 6 nitrogen and oxygen atoms in total. The van der Waals surface area contributed by atoms with E-state index in [9.17, 15) is 4.79 Å². The lowest BCUT2D eigenvalue weighted by molar-refractivity contribution is 0.102. The van der Waals surface area contributed by atoms with Gasteiger partial charge in [-0.05, 0) is 37.8 Å². The van der Waals surface area contributed by atoms with Crippen LogP contribution in [-0.4, -0.2) is 22.8 Å². The largest absolute Gasteiger partial charge is 0.379 e. The number of benzene rings is 1. The highest BCUT2D eigenvalue weighted by Crippen LogP contribution is 2.28. The van der Waals surface area contributed by atoms with Gasteiger partial charge >= 0.3 is 0 Å². The maximum Gasteiger partial charge on any atom is 0.202 e. The Kier molecular flexibility index (Phi) is 6.65. The zero-order chi connectivity index (χ0) is 20.1. The van der Waals surface area contributed by atoms with Gasteiger partial charge in [0.05, 0.1) is 4.88 Å². The summed E-state index contributed by atoms with van der Waals surface area (Å²) in [7, 11) is 0. The van der Waals surface area contributed by atoms with Crippen molar-refractivity contribution >= 4 is 34.6 Å². The molecule has 2 aromatic rings. The number of halogens is 1. The van der Waals surface area contributed by atoms with Gasteiger partial charge < -0.3 is 9.40 Å². The van der Waals surface area contributed by atoms with Gasteiger partial charge in [-0.2, -0.15) is 10.3 Å². The molecule has 1 heterocycles. The van der Waals surface area contributed by atoms with Gasteiger partial charge in [0.1, 0.15) is 6.07 Å². The van der Waals surface area contributed by atoms with E-state index in [-0.39, 0.29) is 12.4 Å². The number of rotatable bonds is 6. The van der Waals surface area contributed by atoms with Crippen LogP contribution < -0.4 is 4.80 Å². The number of carbonyl (C=O) groups is 1. The zero-order valence-electron chi connectivity index (χ0n) is 15.8. The Morgan fingerprint density at radius 1 is 1.46 bits per heavy atom. The second-order valence-corrected chi connectivity index (χ2v) is 8.15. The summed E-state index contributed by atoms with van der Waals surface area (Å²) >= 11 is 7.46. The monoisotopic (exact) mass is 416 g/mol. The molecule has 0 saturated heterocycles. The first-order chi connectivity index (χ1) is 13.5. The molecule has 146 valence electrons. The van der Waals surface area contributed by atoms with Gasteiger partial charge in [0.2, 0.25) is 12.4 Å². The van der Waals surface area contributed by atoms with Gasteiger partial charge in [-0.25, -0.2) is 0 Å². The summed E-state index contributed by atoms with van der Waals surface area (Å²) in [5.41, 5.74) is 1.60. The van der Waals surface area contributed by atoms with Gasteiger partial charge in [-0.3, -0.25) is 4.79 Å². The Labute approximate surface area is 172 Å². The molecule has 8 heteroatoms. The molecule has 1 aromatic heterocycles. The molecule has 1 fully saturated rings. The molecule has 0 amide bonds. The summed E-state index contributed by atoms with van der Waals surface area (Å²) in [5, 5.41) is 13.3. The summed E-state index contributed by atoms with van der Waals surface area (Å²) < 4.78 is 2.09. The number of carbonyl (C=O) groups excluding carboxylic acids is 1. The Morgan fingerprint density at radius 3 is 2.86 bits per heavy atom. The highest BCUT2D eigenvalue weighted by Gasteiger charge is 2.22. The number of aromatic nitrogens is 1. The van der Waals surface area contributed by atoms with Crippen molar-refractivity contribution < 1.29 is 9.63 Å². The minimum absolute atomic E-state index is 0.0216. The van der Waals surface area contributed by atoms with Crippen LogP contribution in [0.3, 0.4) is 0 Å². The van der Waals surface area contributed by atoms with E-state index < -0.39 is 0 Å². The van der Waals surface area contributed by atoms with E-state index >= 15 is 0 Å². The van der Waals surface area contributed by atoms with Crippen LogP contribution in [0.15, 0.2) is 34.4 Å². The predicted octanol–water partition coefficient (Wildman–Crippen LogP) is 4.32. The molecule has 28 heavy (non-hydrogen) atoms. The number of amidine groups is 1. The minimum atomic E-state index is -0.177. The zero-order valence-corrected chi connectivity index (χ0v) is 17.4. The molecule has 0 bridgehead atoms. The van der Waals surface area contributed by atoms with Crippen LogP contribution in [0.1, 0.15) is 47.1 Å². The van der Waals surface area contributed by atoms with Crippen molar-refractivity contribution in [1.82, 2.24) is 4.57 Å². The Morgan fingerprint density at radius 2 is 2.25 bits per heavy atom. The van der Waals surface area contributed by atoms with Crippen molar-refractivity contribution in [3.63, 3.8) is 0 Å². The molecular formula is C20H21ClN4O2S. The third-order valence-corrected chi connectivity index (χ3v) is 6.22. The van der Waals surface area contributed by atoms with Gasteiger partial charge in [-0.15, -0.1) is 0 Å². The van der Waals surface area contributed by atoms with Gasteiger partial charge in [-0.1, -0.05) is 46.6 Å². The first-order valence-corrected chi connectivity index (χ1v) is 10.3. The van der Waals surface area contributed by atoms with E-state index in [2.05, 4.69) is 9.72 Å². The fraction of sp³-hybridized carbons (Fsp3) is 0.400. The van der Waals surface area contributed by atoms with Crippen molar-refractivity contribution in [3.8, 4) is 6.07 Å². The van der Waals surface area contributed by atoms with Crippen LogP contribution in [0.25, 0.3) is 0 Å². The van der Waals surface area contributed by atoms with Crippen molar-refractivity contribution in [1.29, 1.82) is 5.26 Å². The van der Waals surface area contributed by atoms with Crippen LogP contribution in [0.4, 0.5) is 0 Å². The quantitative estimate of drug-likeness (QED) is 0.231. The third-order valence-electron chi connectivity index (χ3n) is 4.71. The minimum Gasteiger partial charge on any atom is -0.379 e. The van der Waals surface area contributed by atoms with Crippen LogP contribution >= 0.6 is 22.9 Å². The van der Waals surface area contributed by atoms with E-state index in [1.54, 1.807) is 25.1 Å². The lowest BCUT2D eigenvalue weighted by Crippen LogP contribution is -2.26. The molecule has 3 rings (SSSR count). The smallest absolute Gasteiger partial charge is 0.202 e. The molecule has 0 spiro atoms. The molecule has 1 saturated carbocycles. The van der Waals surface area contributed by atoms with E-state index in [0.29, 0.717) is 32.0 Å². The highest BCUT2D eigenvalue weighted by atomic mass is 35.5. The average molecular weight is 417 g/mol. The van der Waals surface area contributed by atoms with Crippen LogP contribution in [0, 0.1) is 24.2 Å². The van der Waals surface area contributed by atoms with E-state index in [1.807, 2.05) is 19.1 Å². The summed E-state index contributed by atoms with van der Waals surface area (Å²) in [6.07, 6.45) is 3.63. The number of nitrogens with zero attached hydrogens (tertiary/aromatic N) is 4. The number of Topliss-reactive ketones (excluding diaryl/α,β-unsaturated/α-hetero) is 1. The lowest BCUT2D eigenvalue weighted by Gasteiger charge is -2.26. The molecule has 0 N–H and O–H groups in total.